The Morgan fingerprint density at radius 3 is 2.65 bits per heavy atom. The van der Waals surface area contributed by atoms with Crippen LogP contribution >= 0.6 is 0 Å². The van der Waals surface area contributed by atoms with Crippen LogP contribution in [0.4, 0.5) is 0 Å². The summed E-state index contributed by atoms with van der Waals surface area (Å²) < 4.78 is 29.0. The minimum Gasteiger partial charge on any atom is -0.349 e. The zero-order chi connectivity index (χ0) is 15.2. The number of nitrogens with one attached hydrogen (secondary N) is 1. The maximum Gasteiger partial charge on any atom is 0.242 e. The molecule has 0 aliphatic heterocycles. The Hall–Kier alpha value is -0.850. The van der Waals surface area contributed by atoms with Gasteiger partial charge in [-0.15, -0.1) is 0 Å². The van der Waals surface area contributed by atoms with Crippen LogP contribution in [0.1, 0.15) is 45.7 Å². The number of nitrogens with zero attached hydrogens (tertiary/aromatic N) is 1. The highest BCUT2D eigenvalue weighted by atomic mass is 32.2. The minimum absolute atomic E-state index is 0.316. The summed E-state index contributed by atoms with van der Waals surface area (Å²) >= 11 is 0. The van der Waals surface area contributed by atoms with Crippen LogP contribution in [0.2, 0.25) is 0 Å². The van der Waals surface area contributed by atoms with Crippen LogP contribution in [0.3, 0.4) is 0 Å². The predicted molar refractivity (Wildman–Crippen MR) is 81.9 cm³/mol. The molecule has 116 valence electrons. The monoisotopic (exact) mass is 301 g/mol. The van der Waals surface area contributed by atoms with E-state index in [2.05, 4.69) is 25.5 Å². The fraction of sp³-hybridized carbons (Fsp3) is 0.714. The van der Waals surface area contributed by atoms with E-state index in [1.807, 2.05) is 4.57 Å². The topological polar surface area (TPSA) is 77.1 Å². The summed E-state index contributed by atoms with van der Waals surface area (Å²) in [6, 6.07) is 1.67. The van der Waals surface area contributed by atoms with Gasteiger partial charge in [0.2, 0.25) is 10.0 Å². The maximum absolute atomic E-state index is 12.2. The third-order valence-corrected chi connectivity index (χ3v) is 4.62. The molecule has 1 heterocycles. The van der Waals surface area contributed by atoms with Crippen LogP contribution in [0.5, 0.6) is 0 Å². The molecular formula is C14H27N3O2S. The molecule has 0 unspecified atom stereocenters. The summed E-state index contributed by atoms with van der Waals surface area (Å²) in [5.74, 6) is 0.592. The van der Waals surface area contributed by atoms with Crippen LogP contribution in [-0.4, -0.2) is 19.5 Å². The van der Waals surface area contributed by atoms with Crippen molar-refractivity contribution in [3.63, 3.8) is 0 Å². The normalized spacial score (nSPS) is 12.2. The molecule has 0 bridgehead atoms. The molecule has 3 N–H and O–H groups in total. The standard InChI is InChI=1S/C14H27N3O2S/c1-4-8-17-11-14(9-13(17)10-15)20(18,19)16-7-5-6-12(2)3/h9,11-12,16H,4-8,10,15H2,1-3H3. The van der Waals surface area contributed by atoms with Crippen LogP contribution in [0.15, 0.2) is 17.2 Å². The molecule has 0 atom stereocenters. The van der Waals surface area contributed by atoms with Gasteiger partial charge in [0.15, 0.2) is 0 Å². The number of aryl methyl sites for hydroxylation is 1. The van der Waals surface area contributed by atoms with E-state index in [0.29, 0.717) is 23.9 Å². The van der Waals surface area contributed by atoms with E-state index < -0.39 is 10.0 Å². The lowest BCUT2D eigenvalue weighted by molar-refractivity contribution is 0.539. The number of hydrogen-bond acceptors (Lipinski definition) is 3. The van der Waals surface area contributed by atoms with Crippen molar-refractivity contribution in [2.24, 2.45) is 11.7 Å². The molecular weight excluding hydrogens is 274 g/mol. The molecule has 0 radical (unpaired) electrons. The van der Waals surface area contributed by atoms with Gasteiger partial charge in [-0.2, -0.15) is 0 Å². The van der Waals surface area contributed by atoms with Gasteiger partial charge in [-0.05, 0) is 31.2 Å². The van der Waals surface area contributed by atoms with Crippen LogP contribution < -0.4 is 10.5 Å². The lowest BCUT2D eigenvalue weighted by atomic mass is 10.1. The molecule has 20 heavy (non-hydrogen) atoms. The molecule has 5 nitrogen and oxygen atoms in total. The number of nitrogens with two attached hydrogens (primary N) is 1. The number of sulfonamides is 1. The maximum atomic E-state index is 12.2. The third kappa shape index (κ3) is 4.92. The van der Waals surface area contributed by atoms with E-state index in [0.717, 1.165) is 31.5 Å². The summed E-state index contributed by atoms with van der Waals surface area (Å²) in [6.07, 6.45) is 4.50. The van der Waals surface area contributed by atoms with Gasteiger partial charge >= 0.3 is 0 Å². The average Bonchev–Trinajstić information content (AvgIpc) is 2.79. The lowest BCUT2D eigenvalue weighted by Crippen LogP contribution is -2.24. The smallest absolute Gasteiger partial charge is 0.242 e. The molecule has 0 amide bonds. The van der Waals surface area contributed by atoms with Crippen LogP contribution in [0, 0.1) is 5.92 Å². The highest BCUT2D eigenvalue weighted by molar-refractivity contribution is 7.89. The summed E-state index contributed by atoms with van der Waals surface area (Å²) in [7, 11) is -3.41. The second-order valence-electron chi connectivity index (χ2n) is 5.50. The first-order valence-corrected chi connectivity index (χ1v) is 8.77. The summed E-state index contributed by atoms with van der Waals surface area (Å²) in [4.78, 5) is 0.316. The number of hydrogen-bond donors (Lipinski definition) is 2. The van der Waals surface area contributed by atoms with E-state index in [9.17, 15) is 8.42 Å². The third-order valence-electron chi connectivity index (χ3n) is 3.20. The van der Waals surface area contributed by atoms with E-state index in [1.54, 1.807) is 12.3 Å². The van der Waals surface area contributed by atoms with Crippen LogP contribution in [-0.2, 0) is 23.1 Å². The van der Waals surface area contributed by atoms with Gasteiger partial charge < -0.3 is 10.3 Å². The molecule has 0 aliphatic rings. The minimum atomic E-state index is -3.41. The SMILES string of the molecule is CCCn1cc(S(=O)(=O)NCCCC(C)C)cc1CN. The molecule has 6 heteroatoms. The van der Waals surface area contributed by atoms with Gasteiger partial charge in [0.25, 0.3) is 0 Å². The van der Waals surface area contributed by atoms with Gasteiger partial charge in [-0.3, -0.25) is 0 Å². The fourth-order valence-electron chi connectivity index (χ4n) is 2.09. The summed E-state index contributed by atoms with van der Waals surface area (Å²) in [5.41, 5.74) is 6.51. The Morgan fingerprint density at radius 2 is 2.10 bits per heavy atom. The van der Waals surface area contributed by atoms with E-state index in [-0.39, 0.29) is 0 Å². The highest BCUT2D eigenvalue weighted by Crippen LogP contribution is 2.15. The molecule has 0 spiro atoms. The second kappa shape index (κ2) is 7.81. The zero-order valence-electron chi connectivity index (χ0n) is 12.7. The Bertz CT molecular complexity index is 506. The van der Waals surface area contributed by atoms with E-state index in [4.69, 9.17) is 5.73 Å². The molecule has 0 saturated carbocycles. The van der Waals surface area contributed by atoms with Gasteiger partial charge in [0.05, 0.1) is 4.90 Å². The highest BCUT2D eigenvalue weighted by Gasteiger charge is 2.17. The predicted octanol–water partition coefficient (Wildman–Crippen LogP) is 2.07. The molecule has 1 aromatic rings. The van der Waals surface area contributed by atoms with Gasteiger partial charge in [-0.25, -0.2) is 13.1 Å². The molecule has 1 aromatic heterocycles. The second-order valence-corrected chi connectivity index (χ2v) is 7.27. The Balaban J connectivity index is 2.71. The first-order valence-electron chi connectivity index (χ1n) is 7.29. The van der Waals surface area contributed by atoms with Crippen LogP contribution in [0.25, 0.3) is 0 Å². The van der Waals surface area contributed by atoms with E-state index in [1.165, 1.54) is 0 Å². The van der Waals surface area contributed by atoms with Gasteiger partial charge in [0, 0.05) is 31.5 Å². The summed E-state index contributed by atoms with van der Waals surface area (Å²) in [5, 5.41) is 0. The van der Waals surface area contributed by atoms with Crippen molar-refractivity contribution in [1.82, 2.24) is 9.29 Å². The lowest BCUT2D eigenvalue weighted by Gasteiger charge is -2.06. The summed E-state index contributed by atoms with van der Waals surface area (Å²) in [6.45, 7) is 7.94. The first-order chi connectivity index (χ1) is 9.40. The van der Waals surface area contributed by atoms with Crippen molar-refractivity contribution in [3.05, 3.63) is 18.0 Å². The first kappa shape index (κ1) is 17.2. The van der Waals surface area contributed by atoms with Crippen molar-refractivity contribution >= 4 is 10.0 Å². The average molecular weight is 301 g/mol. The fourth-order valence-corrected chi connectivity index (χ4v) is 3.23. The van der Waals surface area contributed by atoms with Crippen molar-refractivity contribution in [2.75, 3.05) is 6.54 Å². The molecule has 0 aliphatic carbocycles. The largest absolute Gasteiger partial charge is 0.349 e. The quantitative estimate of drug-likeness (QED) is 0.685. The molecule has 0 saturated heterocycles. The Kier molecular flexibility index (Phi) is 6.71. The molecule has 1 rings (SSSR count). The molecule has 0 fully saturated rings. The Labute approximate surface area is 122 Å². The van der Waals surface area contributed by atoms with Gasteiger partial charge in [0.1, 0.15) is 0 Å². The zero-order valence-corrected chi connectivity index (χ0v) is 13.5. The van der Waals surface area contributed by atoms with E-state index >= 15 is 0 Å². The van der Waals surface area contributed by atoms with Crippen molar-refractivity contribution in [3.8, 4) is 0 Å². The molecule has 0 aromatic carbocycles. The van der Waals surface area contributed by atoms with Gasteiger partial charge in [-0.1, -0.05) is 20.8 Å². The van der Waals surface area contributed by atoms with Crippen molar-refractivity contribution < 1.29 is 8.42 Å². The Morgan fingerprint density at radius 1 is 1.40 bits per heavy atom. The van der Waals surface area contributed by atoms with Crippen molar-refractivity contribution in [1.29, 1.82) is 0 Å². The number of rotatable bonds is 9. The number of aromatic nitrogens is 1. The van der Waals surface area contributed by atoms with Crippen molar-refractivity contribution in [2.45, 2.75) is 58.0 Å².